The quantitative estimate of drug-likeness (QED) is 0.868. The van der Waals surface area contributed by atoms with Crippen molar-refractivity contribution < 1.29 is 9.18 Å². The van der Waals surface area contributed by atoms with Crippen LogP contribution in [0.4, 0.5) is 4.39 Å². The number of rotatable bonds is 4. The number of nitrogens with one attached hydrogen (secondary N) is 1. The highest BCUT2D eigenvalue weighted by molar-refractivity contribution is 9.10. The average Bonchev–Trinajstić information content (AvgIpc) is 3.30. The normalized spacial score (nSPS) is 15.5. The predicted octanol–water partition coefficient (Wildman–Crippen LogP) is 4.47. The fourth-order valence-corrected chi connectivity index (χ4v) is 2.99. The van der Waals surface area contributed by atoms with Gasteiger partial charge in [0.2, 0.25) is 0 Å². The highest BCUT2D eigenvalue weighted by Crippen LogP contribution is 2.41. The van der Waals surface area contributed by atoms with E-state index in [9.17, 15) is 9.18 Å². The van der Waals surface area contributed by atoms with E-state index >= 15 is 0 Å². The van der Waals surface area contributed by atoms with E-state index in [-0.39, 0.29) is 17.8 Å². The molecule has 1 atom stereocenters. The van der Waals surface area contributed by atoms with Gasteiger partial charge in [-0.15, -0.1) is 0 Å². The number of carbonyl (C=O) groups excluding carboxylic acids is 1. The van der Waals surface area contributed by atoms with Gasteiger partial charge in [-0.2, -0.15) is 0 Å². The molecule has 0 aromatic heterocycles. The number of hydrogen-bond donors (Lipinski definition) is 1. The summed E-state index contributed by atoms with van der Waals surface area (Å²) in [6.07, 6.45) is 2.26. The Kier molecular flexibility index (Phi) is 4.06. The number of benzene rings is 2. The maximum atomic E-state index is 13.1. The van der Waals surface area contributed by atoms with Gasteiger partial charge >= 0.3 is 0 Å². The van der Waals surface area contributed by atoms with Crippen LogP contribution in [-0.4, -0.2) is 5.91 Å². The van der Waals surface area contributed by atoms with E-state index in [0.29, 0.717) is 16.0 Å². The standard InChI is InChI=1S/C17H15BrFNO/c18-15-10-13(19)8-9-14(15)17(21)20-16(12-6-7-12)11-4-2-1-3-5-11/h1-5,8-10,12,16H,6-7H2,(H,20,21). The van der Waals surface area contributed by atoms with Crippen LogP contribution in [0.3, 0.4) is 0 Å². The van der Waals surface area contributed by atoms with Gasteiger partial charge in [0.1, 0.15) is 5.82 Å². The highest BCUT2D eigenvalue weighted by atomic mass is 79.9. The van der Waals surface area contributed by atoms with Crippen LogP contribution in [-0.2, 0) is 0 Å². The van der Waals surface area contributed by atoms with Crippen LogP contribution in [0.2, 0.25) is 0 Å². The molecule has 1 saturated carbocycles. The van der Waals surface area contributed by atoms with Crippen molar-refractivity contribution in [3.8, 4) is 0 Å². The van der Waals surface area contributed by atoms with Crippen molar-refractivity contribution >= 4 is 21.8 Å². The molecule has 1 N–H and O–H groups in total. The number of halogens is 2. The van der Waals surface area contributed by atoms with E-state index in [1.165, 1.54) is 18.2 Å². The molecule has 0 heterocycles. The lowest BCUT2D eigenvalue weighted by atomic mass is 10.0. The molecule has 108 valence electrons. The lowest BCUT2D eigenvalue weighted by Crippen LogP contribution is -2.30. The van der Waals surface area contributed by atoms with Gasteiger partial charge in [-0.1, -0.05) is 30.3 Å². The van der Waals surface area contributed by atoms with E-state index in [1.54, 1.807) is 0 Å². The Morgan fingerprint density at radius 1 is 1.19 bits per heavy atom. The zero-order valence-corrected chi connectivity index (χ0v) is 12.9. The van der Waals surface area contributed by atoms with Gasteiger partial charge in [0.25, 0.3) is 5.91 Å². The lowest BCUT2D eigenvalue weighted by Gasteiger charge is -2.19. The van der Waals surface area contributed by atoms with Crippen molar-refractivity contribution in [3.63, 3.8) is 0 Å². The van der Waals surface area contributed by atoms with Crippen molar-refractivity contribution in [3.05, 3.63) is 69.9 Å². The van der Waals surface area contributed by atoms with Gasteiger partial charge in [-0.25, -0.2) is 4.39 Å². The third kappa shape index (κ3) is 3.32. The first kappa shape index (κ1) is 14.3. The maximum Gasteiger partial charge on any atom is 0.252 e. The van der Waals surface area contributed by atoms with Gasteiger partial charge in [0, 0.05) is 4.47 Å². The van der Waals surface area contributed by atoms with Crippen LogP contribution in [0.15, 0.2) is 53.0 Å². The number of carbonyl (C=O) groups is 1. The van der Waals surface area contributed by atoms with Gasteiger partial charge in [-0.3, -0.25) is 4.79 Å². The topological polar surface area (TPSA) is 29.1 Å². The second kappa shape index (κ2) is 5.98. The first-order valence-electron chi connectivity index (χ1n) is 6.96. The van der Waals surface area contributed by atoms with Crippen molar-refractivity contribution in [2.75, 3.05) is 0 Å². The molecule has 0 spiro atoms. The van der Waals surface area contributed by atoms with Gasteiger partial charge in [0.15, 0.2) is 0 Å². The molecule has 3 rings (SSSR count). The summed E-state index contributed by atoms with van der Waals surface area (Å²) >= 11 is 3.25. The van der Waals surface area contributed by atoms with Crippen LogP contribution < -0.4 is 5.32 Å². The van der Waals surface area contributed by atoms with Crippen LogP contribution in [0.1, 0.15) is 34.8 Å². The molecule has 21 heavy (non-hydrogen) atoms. The zero-order chi connectivity index (χ0) is 14.8. The fraction of sp³-hybridized carbons (Fsp3) is 0.235. The van der Waals surface area contributed by atoms with Crippen LogP contribution >= 0.6 is 15.9 Å². The smallest absolute Gasteiger partial charge is 0.252 e. The maximum absolute atomic E-state index is 13.1. The van der Waals surface area contributed by atoms with E-state index < -0.39 is 0 Å². The lowest BCUT2D eigenvalue weighted by molar-refractivity contribution is 0.0931. The van der Waals surface area contributed by atoms with Gasteiger partial charge in [-0.05, 0) is 58.5 Å². The Labute approximate surface area is 131 Å². The second-order valence-electron chi connectivity index (χ2n) is 5.32. The predicted molar refractivity (Wildman–Crippen MR) is 83.5 cm³/mol. The molecule has 2 aromatic rings. The number of amides is 1. The average molecular weight is 348 g/mol. The largest absolute Gasteiger partial charge is 0.345 e. The molecular formula is C17H15BrFNO. The summed E-state index contributed by atoms with van der Waals surface area (Å²) in [6, 6.07) is 14.1. The van der Waals surface area contributed by atoms with E-state index in [4.69, 9.17) is 0 Å². The van der Waals surface area contributed by atoms with Gasteiger partial charge in [0.05, 0.1) is 11.6 Å². The Balaban J connectivity index is 1.81. The van der Waals surface area contributed by atoms with E-state index in [0.717, 1.165) is 18.4 Å². The molecule has 0 radical (unpaired) electrons. The van der Waals surface area contributed by atoms with Crippen LogP contribution in [0.25, 0.3) is 0 Å². The molecule has 0 aliphatic heterocycles. The summed E-state index contributed by atoms with van der Waals surface area (Å²) in [5.41, 5.74) is 1.57. The SMILES string of the molecule is O=C(NC(c1ccccc1)C1CC1)c1ccc(F)cc1Br. The van der Waals surface area contributed by atoms with E-state index in [1.807, 2.05) is 30.3 Å². The number of hydrogen-bond acceptors (Lipinski definition) is 1. The Hall–Kier alpha value is -1.68. The zero-order valence-electron chi connectivity index (χ0n) is 11.4. The Morgan fingerprint density at radius 2 is 1.90 bits per heavy atom. The third-order valence-corrected chi connectivity index (χ3v) is 4.37. The molecule has 1 aliphatic rings. The molecule has 1 unspecified atom stereocenters. The summed E-state index contributed by atoms with van der Waals surface area (Å²) in [4.78, 5) is 12.4. The van der Waals surface area contributed by atoms with Crippen molar-refractivity contribution in [1.29, 1.82) is 0 Å². The summed E-state index contributed by atoms with van der Waals surface area (Å²) in [5.74, 6) is -0.0431. The summed E-state index contributed by atoms with van der Waals surface area (Å²) in [7, 11) is 0. The highest BCUT2D eigenvalue weighted by Gasteiger charge is 2.33. The fourth-order valence-electron chi connectivity index (χ4n) is 2.46. The third-order valence-electron chi connectivity index (χ3n) is 3.71. The van der Waals surface area contributed by atoms with E-state index in [2.05, 4.69) is 21.2 Å². The summed E-state index contributed by atoms with van der Waals surface area (Å²) < 4.78 is 13.6. The molecule has 2 aromatic carbocycles. The monoisotopic (exact) mass is 347 g/mol. The molecule has 0 saturated heterocycles. The van der Waals surface area contributed by atoms with Gasteiger partial charge < -0.3 is 5.32 Å². The minimum absolute atomic E-state index is 0.0238. The summed E-state index contributed by atoms with van der Waals surface area (Å²) in [5, 5.41) is 3.08. The molecule has 4 heteroatoms. The molecular weight excluding hydrogens is 333 g/mol. The Morgan fingerprint density at radius 3 is 2.52 bits per heavy atom. The summed E-state index contributed by atoms with van der Waals surface area (Å²) in [6.45, 7) is 0. The molecule has 0 bridgehead atoms. The molecule has 1 aliphatic carbocycles. The molecule has 1 amide bonds. The minimum Gasteiger partial charge on any atom is -0.345 e. The molecule has 1 fully saturated rings. The first-order chi connectivity index (χ1) is 10.1. The van der Waals surface area contributed by atoms with Crippen molar-refractivity contribution in [2.24, 2.45) is 5.92 Å². The minimum atomic E-state index is -0.361. The first-order valence-corrected chi connectivity index (χ1v) is 7.75. The Bertz CT molecular complexity index is 655. The second-order valence-corrected chi connectivity index (χ2v) is 6.18. The molecule has 2 nitrogen and oxygen atoms in total. The van der Waals surface area contributed by atoms with Crippen molar-refractivity contribution in [1.82, 2.24) is 5.32 Å². The van der Waals surface area contributed by atoms with Crippen molar-refractivity contribution in [2.45, 2.75) is 18.9 Å². The van der Waals surface area contributed by atoms with Crippen LogP contribution in [0.5, 0.6) is 0 Å². The van der Waals surface area contributed by atoms with Crippen LogP contribution in [0, 0.1) is 11.7 Å².